The van der Waals surface area contributed by atoms with E-state index in [4.69, 9.17) is 5.73 Å². The van der Waals surface area contributed by atoms with Gasteiger partial charge in [-0.2, -0.15) is 4.99 Å². The summed E-state index contributed by atoms with van der Waals surface area (Å²) in [5.41, 5.74) is 4.53. The maximum absolute atomic E-state index is 14.5. The van der Waals surface area contributed by atoms with E-state index in [0.717, 1.165) is 0 Å². The number of aromatic nitrogens is 2. The molecule has 112 valence electrons. The maximum Gasteiger partial charge on any atom is 0.199 e. The van der Waals surface area contributed by atoms with Gasteiger partial charge >= 0.3 is 0 Å². The first-order valence-electron chi connectivity index (χ1n) is 6.43. The maximum atomic E-state index is 14.5. The number of nitrogens with one attached hydrogen (secondary N) is 1. The number of imidazole rings is 1. The van der Waals surface area contributed by atoms with Crippen LogP contribution in [-0.2, 0) is 0 Å². The zero-order valence-corrected chi connectivity index (χ0v) is 11.3. The molecule has 0 unspecified atom stereocenters. The Bertz CT molecular complexity index is 668. The Morgan fingerprint density at radius 1 is 1.57 bits per heavy atom. The van der Waals surface area contributed by atoms with Crippen LogP contribution in [0.5, 0.6) is 0 Å². The van der Waals surface area contributed by atoms with E-state index in [9.17, 15) is 14.6 Å². The lowest BCUT2D eigenvalue weighted by Crippen LogP contribution is -2.37. The second-order valence-corrected chi connectivity index (χ2v) is 5.24. The lowest BCUT2D eigenvalue weighted by atomic mass is 9.99. The van der Waals surface area contributed by atoms with Gasteiger partial charge in [0, 0.05) is 6.42 Å². The van der Waals surface area contributed by atoms with Gasteiger partial charge in [-0.05, 0) is 5.57 Å². The van der Waals surface area contributed by atoms with Crippen molar-refractivity contribution in [3.8, 4) is 0 Å². The molecule has 1 aliphatic carbocycles. The normalized spacial score (nSPS) is 31.9. The van der Waals surface area contributed by atoms with Crippen LogP contribution in [0.3, 0.4) is 0 Å². The molecule has 1 aromatic heterocycles. The predicted molar refractivity (Wildman–Crippen MR) is 75.4 cm³/mol. The number of alkyl halides is 1. The third-order valence-electron chi connectivity index (χ3n) is 4.04. The molecule has 0 amide bonds. The molecule has 1 saturated carbocycles. The third-order valence-corrected chi connectivity index (χ3v) is 4.04. The van der Waals surface area contributed by atoms with Crippen molar-refractivity contribution in [1.29, 1.82) is 0 Å². The van der Waals surface area contributed by atoms with Gasteiger partial charge in [0.2, 0.25) is 0 Å². The SMILES string of the molecule is C=C1NC(N)=Nc2c1ncn2[C@@H]1C[C@H](O)[C@](F)(CO)C1=C. The molecule has 21 heavy (non-hydrogen) atoms. The number of rotatable bonds is 2. The van der Waals surface area contributed by atoms with Crippen LogP contribution < -0.4 is 11.1 Å². The number of nitrogens with zero attached hydrogens (tertiary/aromatic N) is 3. The van der Waals surface area contributed by atoms with Crippen molar-refractivity contribution in [2.45, 2.75) is 24.2 Å². The minimum absolute atomic E-state index is 0.0774. The summed E-state index contributed by atoms with van der Waals surface area (Å²) in [4.78, 5) is 8.33. The Morgan fingerprint density at radius 3 is 2.90 bits per heavy atom. The van der Waals surface area contributed by atoms with E-state index in [1.807, 2.05) is 0 Å². The second-order valence-electron chi connectivity index (χ2n) is 5.24. The van der Waals surface area contributed by atoms with Gasteiger partial charge in [0.25, 0.3) is 0 Å². The van der Waals surface area contributed by atoms with Gasteiger partial charge in [-0.25, -0.2) is 9.37 Å². The molecule has 3 atom stereocenters. The van der Waals surface area contributed by atoms with Gasteiger partial charge in [-0.3, -0.25) is 0 Å². The molecule has 7 nitrogen and oxygen atoms in total. The van der Waals surface area contributed by atoms with Gasteiger partial charge in [-0.1, -0.05) is 13.2 Å². The van der Waals surface area contributed by atoms with Crippen LogP contribution in [-0.4, -0.2) is 44.1 Å². The average molecular weight is 293 g/mol. The van der Waals surface area contributed by atoms with Crippen molar-refractivity contribution in [3.63, 3.8) is 0 Å². The number of halogens is 1. The molecular weight excluding hydrogens is 277 g/mol. The highest BCUT2D eigenvalue weighted by atomic mass is 19.1. The number of fused-ring (bicyclic) bond motifs is 1. The Kier molecular flexibility index (Phi) is 2.89. The lowest BCUT2D eigenvalue weighted by molar-refractivity contribution is -0.00222. The first-order chi connectivity index (χ1) is 9.88. The van der Waals surface area contributed by atoms with Gasteiger partial charge in [0.05, 0.1) is 30.8 Å². The van der Waals surface area contributed by atoms with E-state index in [1.165, 1.54) is 6.33 Å². The summed E-state index contributed by atoms with van der Waals surface area (Å²) >= 11 is 0. The molecular formula is C13H16FN5O2. The van der Waals surface area contributed by atoms with E-state index in [-0.39, 0.29) is 18.0 Å². The summed E-state index contributed by atoms with van der Waals surface area (Å²) in [6.07, 6.45) is 0.226. The summed E-state index contributed by atoms with van der Waals surface area (Å²) in [6.45, 7) is 6.66. The number of hydrogen-bond acceptors (Lipinski definition) is 6. The summed E-state index contributed by atoms with van der Waals surface area (Å²) in [5, 5.41) is 21.8. The molecule has 3 rings (SSSR count). The van der Waals surface area contributed by atoms with E-state index in [2.05, 4.69) is 28.5 Å². The Morgan fingerprint density at radius 2 is 2.29 bits per heavy atom. The molecule has 0 bridgehead atoms. The van der Waals surface area contributed by atoms with Crippen molar-refractivity contribution in [3.05, 3.63) is 30.8 Å². The Labute approximate surface area is 120 Å². The van der Waals surface area contributed by atoms with E-state index >= 15 is 0 Å². The fourth-order valence-electron chi connectivity index (χ4n) is 2.78. The third kappa shape index (κ3) is 1.79. The molecule has 2 aliphatic rings. The quantitative estimate of drug-likeness (QED) is 0.572. The van der Waals surface area contributed by atoms with E-state index < -0.39 is 24.4 Å². The highest BCUT2D eigenvalue weighted by Crippen LogP contribution is 2.46. The molecule has 1 aliphatic heterocycles. The molecule has 0 radical (unpaired) electrons. The van der Waals surface area contributed by atoms with Gasteiger partial charge in [0.1, 0.15) is 5.69 Å². The zero-order valence-electron chi connectivity index (χ0n) is 11.3. The summed E-state index contributed by atoms with van der Waals surface area (Å²) in [5.74, 6) is 0.587. The second kappa shape index (κ2) is 4.40. The Hall–Kier alpha value is -2.19. The summed E-state index contributed by atoms with van der Waals surface area (Å²) < 4.78 is 16.1. The van der Waals surface area contributed by atoms with Crippen LogP contribution in [0.15, 0.2) is 30.1 Å². The van der Waals surface area contributed by atoms with Crippen LogP contribution in [0, 0.1) is 0 Å². The van der Waals surface area contributed by atoms with Crippen molar-refractivity contribution < 1.29 is 14.6 Å². The highest BCUT2D eigenvalue weighted by Gasteiger charge is 2.51. The van der Waals surface area contributed by atoms with Crippen LogP contribution >= 0.6 is 0 Å². The predicted octanol–water partition coefficient (Wildman–Crippen LogP) is -0.0343. The molecule has 1 fully saturated rings. The van der Waals surface area contributed by atoms with Crippen molar-refractivity contribution in [1.82, 2.24) is 14.9 Å². The van der Waals surface area contributed by atoms with Crippen LogP contribution in [0.4, 0.5) is 10.2 Å². The molecule has 8 heteroatoms. The van der Waals surface area contributed by atoms with Crippen LogP contribution in [0.1, 0.15) is 18.2 Å². The molecule has 0 spiro atoms. The van der Waals surface area contributed by atoms with Crippen LogP contribution in [0.25, 0.3) is 5.70 Å². The fraction of sp³-hybridized carbons (Fsp3) is 0.385. The van der Waals surface area contributed by atoms with E-state index in [1.54, 1.807) is 4.57 Å². The number of aliphatic hydroxyl groups is 2. The number of aliphatic hydroxyl groups excluding tert-OH is 2. The zero-order chi connectivity index (χ0) is 15.4. The largest absolute Gasteiger partial charge is 0.393 e. The molecule has 5 N–H and O–H groups in total. The van der Waals surface area contributed by atoms with E-state index in [0.29, 0.717) is 17.2 Å². The number of nitrogens with two attached hydrogens (primary N) is 1. The highest BCUT2D eigenvalue weighted by molar-refractivity contribution is 5.93. The Balaban J connectivity index is 2.05. The topological polar surface area (TPSA) is 109 Å². The smallest absolute Gasteiger partial charge is 0.199 e. The first-order valence-corrected chi connectivity index (χ1v) is 6.43. The van der Waals surface area contributed by atoms with Crippen molar-refractivity contribution in [2.24, 2.45) is 10.7 Å². The number of aliphatic imine (C=N–C) groups is 1. The molecule has 1 aromatic rings. The van der Waals surface area contributed by atoms with Crippen molar-refractivity contribution >= 4 is 17.5 Å². The molecule has 0 saturated heterocycles. The average Bonchev–Trinajstić information content (AvgIpc) is 2.94. The number of guanidine groups is 1. The van der Waals surface area contributed by atoms with Gasteiger partial charge in [0.15, 0.2) is 17.4 Å². The standard InChI is InChI=1S/C13H16FN5O2/c1-6-8(3-9(21)13(6,14)4-20)19-5-16-10-7(2)17-12(15)18-11(10)19/h5,8-9,20-21H,1-4H2,(H3,15,17,18)/t8-,9+,13+/m1/s1. The molecule has 0 aromatic carbocycles. The fourth-order valence-corrected chi connectivity index (χ4v) is 2.78. The minimum Gasteiger partial charge on any atom is -0.393 e. The van der Waals surface area contributed by atoms with Crippen LogP contribution in [0.2, 0.25) is 0 Å². The van der Waals surface area contributed by atoms with Gasteiger partial charge in [-0.15, -0.1) is 0 Å². The number of hydrogen-bond donors (Lipinski definition) is 4. The monoisotopic (exact) mass is 293 g/mol. The summed E-state index contributed by atoms with van der Waals surface area (Å²) in [7, 11) is 0. The minimum atomic E-state index is -2.22. The first kappa shape index (κ1) is 13.8. The van der Waals surface area contributed by atoms with Gasteiger partial charge < -0.3 is 25.8 Å². The van der Waals surface area contributed by atoms with Crippen molar-refractivity contribution in [2.75, 3.05) is 6.61 Å². The lowest BCUT2D eigenvalue weighted by Gasteiger charge is -2.23. The summed E-state index contributed by atoms with van der Waals surface area (Å²) in [6, 6.07) is -0.559. The molecule has 2 heterocycles.